The number of carbonyl (C=O) groups excluding carboxylic acids is 2. The summed E-state index contributed by atoms with van der Waals surface area (Å²) in [5, 5.41) is 22.8. The number of amides is 1. The minimum absolute atomic E-state index is 0.0403. The van der Waals surface area contributed by atoms with Crippen LogP contribution in [-0.2, 0) is 14.3 Å². The van der Waals surface area contributed by atoms with Crippen molar-refractivity contribution in [1.82, 2.24) is 5.32 Å². The number of nitrogens with one attached hydrogen (secondary N) is 1. The van der Waals surface area contributed by atoms with Gasteiger partial charge in [0.05, 0.1) is 25.4 Å². The molecule has 0 aromatic heterocycles. The molecule has 0 aliphatic carbocycles. The molecule has 3 N–H and O–H groups in total. The highest BCUT2D eigenvalue weighted by molar-refractivity contribution is 5.76. The molecule has 0 aromatic rings. The summed E-state index contributed by atoms with van der Waals surface area (Å²) in [5.74, 6) is -0.140. The topological polar surface area (TPSA) is 95.9 Å². The molecule has 0 aliphatic rings. The van der Waals surface area contributed by atoms with Gasteiger partial charge in [-0.1, -0.05) is 152 Å². The lowest BCUT2D eigenvalue weighted by Crippen LogP contribution is -2.45. The number of unbranched alkanes of at least 4 members (excludes halogenated alkanes) is 23. The van der Waals surface area contributed by atoms with Crippen LogP contribution in [0.5, 0.6) is 0 Å². The van der Waals surface area contributed by atoms with E-state index < -0.39 is 12.1 Å². The Labute approximate surface area is 327 Å². The van der Waals surface area contributed by atoms with Gasteiger partial charge < -0.3 is 20.3 Å². The van der Waals surface area contributed by atoms with E-state index in [1.54, 1.807) is 6.08 Å². The number of hydrogen-bond donors (Lipinski definition) is 3. The average molecular weight is 744 g/mol. The molecule has 0 aliphatic heterocycles. The number of aliphatic hydroxyl groups is 2. The molecule has 0 aromatic carbocycles. The minimum atomic E-state index is -0.859. The molecule has 2 unspecified atom stereocenters. The molecule has 2 atom stereocenters. The summed E-state index contributed by atoms with van der Waals surface area (Å²) in [4.78, 5) is 24.3. The summed E-state index contributed by atoms with van der Waals surface area (Å²) >= 11 is 0. The third-order valence-electron chi connectivity index (χ3n) is 9.81. The Morgan fingerprint density at radius 3 is 1.49 bits per heavy atom. The first kappa shape index (κ1) is 50.8. The molecule has 1 amide bonds. The predicted octanol–water partition coefficient (Wildman–Crippen LogP) is 12.7. The van der Waals surface area contributed by atoms with Gasteiger partial charge in [-0.25, -0.2) is 0 Å². The fraction of sp³-hybridized carbons (Fsp3) is 0.787. The Morgan fingerprint density at radius 2 is 0.943 bits per heavy atom. The fourth-order valence-electron chi connectivity index (χ4n) is 6.30. The Kier molecular flexibility index (Phi) is 40.8. The quantitative estimate of drug-likeness (QED) is 0.0330. The molecule has 6 heteroatoms. The van der Waals surface area contributed by atoms with Crippen LogP contribution in [0.15, 0.2) is 48.6 Å². The summed E-state index contributed by atoms with van der Waals surface area (Å²) in [5.41, 5.74) is 0. The number of hydrogen-bond acceptors (Lipinski definition) is 5. The zero-order valence-corrected chi connectivity index (χ0v) is 34.7. The number of allylic oxidation sites excluding steroid dienone is 7. The van der Waals surface area contributed by atoms with Crippen LogP contribution in [-0.4, -0.2) is 47.4 Å². The van der Waals surface area contributed by atoms with Crippen LogP contribution in [0.2, 0.25) is 0 Å². The van der Waals surface area contributed by atoms with E-state index in [0.717, 1.165) is 103 Å². The molecule has 0 saturated carbocycles. The maximum Gasteiger partial charge on any atom is 0.305 e. The predicted molar refractivity (Wildman–Crippen MR) is 227 cm³/mol. The molecular weight excluding hydrogens is 659 g/mol. The maximum atomic E-state index is 12.3. The number of aliphatic hydroxyl groups excluding tert-OH is 2. The standard InChI is InChI=1S/C47H85NO5/c1-3-5-7-9-11-13-14-15-16-17-21-25-29-33-37-41-47(52)53-42-38-34-30-26-22-19-18-20-24-28-32-36-40-46(51)48-44(43-49)45(50)39-35-31-27-23-12-10-8-6-4-2/h11,13,15-16,19,22,35,39,44-45,49-50H,3-10,12,14,17-18,20-21,23-34,36-38,40-43H2,1-2H3,(H,48,51)/b13-11-,16-15-,22-19-,39-35+. The molecular formula is C47H85NO5. The largest absolute Gasteiger partial charge is 0.466 e. The molecule has 6 nitrogen and oxygen atoms in total. The molecule has 53 heavy (non-hydrogen) atoms. The van der Waals surface area contributed by atoms with Crippen LogP contribution in [0.25, 0.3) is 0 Å². The van der Waals surface area contributed by atoms with Crippen LogP contribution >= 0.6 is 0 Å². The zero-order chi connectivity index (χ0) is 38.7. The fourth-order valence-corrected chi connectivity index (χ4v) is 6.30. The number of esters is 1. The number of ether oxygens (including phenoxy) is 1. The van der Waals surface area contributed by atoms with E-state index in [1.807, 2.05) is 6.08 Å². The molecule has 0 saturated heterocycles. The monoisotopic (exact) mass is 744 g/mol. The Morgan fingerprint density at radius 1 is 0.528 bits per heavy atom. The second-order valence-corrected chi connectivity index (χ2v) is 15.0. The van der Waals surface area contributed by atoms with E-state index in [4.69, 9.17) is 4.74 Å². The van der Waals surface area contributed by atoms with E-state index in [2.05, 4.69) is 55.6 Å². The normalized spacial score (nSPS) is 13.2. The maximum absolute atomic E-state index is 12.3. The van der Waals surface area contributed by atoms with E-state index in [1.165, 1.54) is 83.5 Å². The third kappa shape index (κ3) is 39.3. The highest BCUT2D eigenvalue weighted by atomic mass is 16.5. The second-order valence-electron chi connectivity index (χ2n) is 15.0. The van der Waals surface area contributed by atoms with Gasteiger partial charge in [0.15, 0.2) is 0 Å². The van der Waals surface area contributed by atoms with Crippen LogP contribution in [0, 0.1) is 0 Å². The van der Waals surface area contributed by atoms with Crippen molar-refractivity contribution in [3.63, 3.8) is 0 Å². The van der Waals surface area contributed by atoms with Crippen molar-refractivity contribution in [2.45, 2.75) is 225 Å². The zero-order valence-electron chi connectivity index (χ0n) is 34.7. The van der Waals surface area contributed by atoms with Gasteiger partial charge in [-0.05, 0) is 96.3 Å². The lowest BCUT2D eigenvalue weighted by molar-refractivity contribution is -0.143. The first-order valence-corrected chi connectivity index (χ1v) is 22.4. The van der Waals surface area contributed by atoms with E-state index in [-0.39, 0.29) is 18.5 Å². The minimum Gasteiger partial charge on any atom is -0.466 e. The second kappa shape index (κ2) is 42.6. The van der Waals surface area contributed by atoms with Crippen molar-refractivity contribution in [3.05, 3.63) is 48.6 Å². The van der Waals surface area contributed by atoms with E-state index in [0.29, 0.717) is 19.4 Å². The summed E-state index contributed by atoms with van der Waals surface area (Å²) in [7, 11) is 0. The molecule has 0 bridgehead atoms. The summed E-state index contributed by atoms with van der Waals surface area (Å²) in [6.45, 7) is 4.75. The van der Waals surface area contributed by atoms with Gasteiger partial charge in [0.25, 0.3) is 0 Å². The first-order chi connectivity index (χ1) is 26.0. The summed E-state index contributed by atoms with van der Waals surface area (Å²) in [6, 6.07) is -0.645. The highest BCUT2D eigenvalue weighted by Gasteiger charge is 2.18. The lowest BCUT2D eigenvalue weighted by atomic mass is 10.1. The van der Waals surface area contributed by atoms with Gasteiger partial charge in [-0.15, -0.1) is 0 Å². The van der Waals surface area contributed by atoms with E-state index in [9.17, 15) is 19.8 Å². The Balaban J connectivity index is 3.55. The number of rotatable bonds is 40. The summed E-state index contributed by atoms with van der Waals surface area (Å²) < 4.78 is 5.42. The molecule has 0 radical (unpaired) electrons. The third-order valence-corrected chi connectivity index (χ3v) is 9.81. The van der Waals surface area contributed by atoms with Gasteiger partial charge in [-0.3, -0.25) is 9.59 Å². The van der Waals surface area contributed by atoms with Crippen molar-refractivity contribution < 1.29 is 24.5 Å². The van der Waals surface area contributed by atoms with Crippen LogP contribution in [0.1, 0.15) is 213 Å². The van der Waals surface area contributed by atoms with Crippen molar-refractivity contribution in [2.75, 3.05) is 13.2 Å². The van der Waals surface area contributed by atoms with Crippen LogP contribution in [0.4, 0.5) is 0 Å². The number of carbonyl (C=O) groups is 2. The molecule has 0 rings (SSSR count). The van der Waals surface area contributed by atoms with Gasteiger partial charge in [0.1, 0.15) is 0 Å². The van der Waals surface area contributed by atoms with Crippen molar-refractivity contribution in [1.29, 1.82) is 0 Å². The Bertz CT molecular complexity index is 911. The van der Waals surface area contributed by atoms with Crippen LogP contribution in [0.3, 0.4) is 0 Å². The Hall–Kier alpha value is -2.18. The van der Waals surface area contributed by atoms with Gasteiger partial charge in [0.2, 0.25) is 5.91 Å². The van der Waals surface area contributed by atoms with Gasteiger partial charge >= 0.3 is 5.97 Å². The molecule has 308 valence electrons. The SMILES string of the molecule is CCCCC/C=C\C/C=C\CCCCCCCC(=O)OCCCCC/C=C\CCCCCCCC(=O)NC(CO)C(O)/C=C/CCCCCCCCC. The van der Waals surface area contributed by atoms with Crippen molar-refractivity contribution in [3.8, 4) is 0 Å². The summed E-state index contributed by atoms with van der Waals surface area (Å²) in [6.07, 6.45) is 51.0. The van der Waals surface area contributed by atoms with Gasteiger partial charge in [-0.2, -0.15) is 0 Å². The van der Waals surface area contributed by atoms with Crippen LogP contribution < -0.4 is 5.32 Å². The van der Waals surface area contributed by atoms with Gasteiger partial charge in [0, 0.05) is 12.8 Å². The van der Waals surface area contributed by atoms with E-state index >= 15 is 0 Å². The molecule has 0 heterocycles. The van der Waals surface area contributed by atoms with Crippen molar-refractivity contribution >= 4 is 11.9 Å². The molecule has 0 spiro atoms. The van der Waals surface area contributed by atoms with Crippen molar-refractivity contribution in [2.24, 2.45) is 0 Å². The first-order valence-electron chi connectivity index (χ1n) is 22.4. The average Bonchev–Trinajstić information content (AvgIpc) is 3.16. The lowest BCUT2D eigenvalue weighted by Gasteiger charge is -2.20. The highest BCUT2D eigenvalue weighted by Crippen LogP contribution is 2.12. The molecule has 0 fully saturated rings. The smallest absolute Gasteiger partial charge is 0.305 e.